The topological polar surface area (TPSA) is 185 Å². The molecule has 0 fully saturated rings. The maximum absolute atomic E-state index is 15.8. The number of esters is 2. The molecule has 14 nitrogen and oxygen atoms in total. The largest absolute Gasteiger partial charge is 0.489 e. The number of carbonyl (C=O) groups excluding carboxylic acids is 5. The number of carbonyl (C=O) groups is 5. The Labute approximate surface area is 433 Å². The molecule has 6 aromatic carbocycles. The summed E-state index contributed by atoms with van der Waals surface area (Å²) in [6.45, 7) is -0.159. The standard InChI is InChI=1S/C54H50F6N4O10.ClH/c1-64(50(65)40(61)19-12-24-62-53(68)72-30-33-15-8-4-9-16-33)42(52(67)70-2)28-37-25-35(20-22-39(37)55)36-21-23-43(71-29-32-13-6-3-7-14-32)38(26-36)27-41(63-54(69)73-31-34-17-10-5-11-18-34)51(66)74-49-47(59)45(57)44(56)46(58)48(49)60;/h3-11,13-18,20-23,25-26,40-42H,12,19,24,27-31,61H2,1-2H3,(H,62,68)(H,63,69);1H/t40-,41+,42+;/m1./s1. The van der Waals surface area contributed by atoms with Crippen LogP contribution in [-0.4, -0.2) is 73.8 Å². The Morgan fingerprint density at radius 2 is 1.12 bits per heavy atom. The van der Waals surface area contributed by atoms with E-state index in [1.807, 2.05) is 6.07 Å². The Morgan fingerprint density at radius 1 is 0.613 bits per heavy atom. The Bertz CT molecular complexity index is 2900. The quantitative estimate of drug-likeness (QED) is 0.0112. The number of amides is 3. The molecule has 6 rings (SSSR count). The molecule has 0 saturated heterocycles. The van der Waals surface area contributed by atoms with Gasteiger partial charge in [0, 0.05) is 26.4 Å². The van der Waals surface area contributed by atoms with Gasteiger partial charge in [-0.2, -0.15) is 8.78 Å². The highest BCUT2D eigenvalue weighted by atomic mass is 35.5. The Balaban J connectivity index is 0.0000104. The minimum absolute atomic E-state index is 0. The van der Waals surface area contributed by atoms with E-state index < -0.39 is 102 Å². The Kier molecular flexibility index (Phi) is 21.4. The van der Waals surface area contributed by atoms with E-state index in [0.717, 1.165) is 23.6 Å². The van der Waals surface area contributed by atoms with E-state index in [-0.39, 0.29) is 68.5 Å². The van der Waals surface area contributed by atoms with E-state index in [9.17, 15) is 45.9 Å². The maximum Gasteiger partial charge on any atom is 0.408 e. The van der Waals surface area contributed by atoms with Gasteiger partial charge in [-0.15, -0.1) is 12.4 Å². The molecule has 0 spiro atoms. The summed E-state index contributed by atoms with van der Waals surface area (Å²) < 4.78 is 114. The first kappa shape index (κ1) is 57.8. The molecule has 3 amide bonds. The molecule has 0 aliphatic heterocycles. The van der Waals surface area contributed by atoms with Crippen LogP contribution in [0.4, 0.5) is 35.9 Å². The van der Waals surface area contributed by atoms with Gasteiger partial charge in [0.1, 0.15) is 43.5 Å². The number of benzene rings is 6. The third-order valence-corrected chi connectivity index (χ3v) is 11.5. The van der Waals surface area contributed by atoms with Crippen LogP contribution in [0, 0.1) is 34.9 Å². The van der Waals surface area contributed by atoms with E-state index >= 15 is 4.39 Å². The Hall–Kier alpha value is -8.10. The number of hydrogen-bond acceptors (Lipinski definition) is 11. The van der Waals surface area contributed by atoms with Crippen molar-refractivity contribution in [1.29, 1.82) is 0 Å². The maximum atomic E-state index is 15.8. The molecule has 0 aliphatic carbocycles. The third kappa shape index (κ3) is 15.9. The first-order valence-corrected chi connectivity index (χ1v) is 22.9. The zero-order valence-corrected chi connectivity index (χ0v) is 41.1. The van der Waals surface area contributed by atoms with E-state index in [4.69, 9.17) is 29.4 Å². The second-order valence-electron chi connectivity index (χ2n) is 16.6. The normalized spacial score (nSPS) is 12.0. The van der Waals surface area contributed by atoms with Crippen molar-refractivity contribution in [2.75, 3.05) is 20.7 Å². The van der Waals surface area contributed by atoms with Crippen molar-refractivity contribution in [1.82, 2.24) is 15.5 Å². The number of rotatable bonds is 22. The van der Waals surface area contributed by atoms with Crippen LogP contribution in [0.15, 0.2) is 127 Å². The summed E-state index contributed by atoms with van der Waals surface area (Å²) in [5, 5.41) is 4.84. The molecule has 0 saturated carbocycles. The lowest BCUT2D eigenvalue weighted by Crippen LogP contribution is -2.50. The predicted molar refractivity (Wildman–Crippen MR) is 263 cm³/mol. The van der Waals surface area contributed by atoms with Crippen molar-refractivity contribution in [2.45, 2.75) is 63.6 Å². The van der Waals surface area contributed by atoms with E-state index in [1.54, 1.807) is 91.0 Å². The molecule has 3 atom stereocenters. The van der Waals surface area contributed by atoms with Gasteiger partial charge in [0.25, 0.3) is 0 Å². The number of nitrogens with one attached hydrogen (secondary N) is 2. The van der Waals surface area contributed by atoms with Crippen molar-refractivity contribution in [2.24, 2.45) is 5.73 Å². The van der Waals surface area contributed by atoms with Crippen molar-refractivity contribution in [3.05, 3.63) is 190 Å². The van der Waals surface area contributed by atoms with Gasteiger partial charge in [-0.1, -0.05) is 103 Å². The van der Waals surface area contributed by atoms with Gasteiger partial charge in [-0.05, 0) is 76.1 Å². The zero-order chi connectivity index (χ0) is 53.3. The highest BCUT2D eigenvalue weighted by Gasteiger charge is 2.34. The van der Waals surface area contributed by atoms with E-state index in [0.29, 0.717) is 22.3 Å². The summed E-state index contributed by atoms with van der Waals surface area (Å²) in [7, 11) is 2.40. The van der Waals surface area contributed by atoms with Gasteiger partial charge in [-0.25, -0.2) is 36.7 Å². The fourth-order valence-electron chi connectivity index (χ4n) is 7.42. The third-order valence-electron chi connectivity index (χ3n) is 11.5. The number of halogens is 7. The lowest BCUT2D eigenvalue weighted by Gasteiger charge is -2.28. The minimum atomic E-state index is -2.50. The monoisotopic (exact) mass is 1060 g/mol. The van der Waals surface area contributed by atoms with Gasteiger partial charge in [-0.3, -0.25) is 4.79 Å². The minimum Gasteiger partial charge on any atom is -0.489 e. The Morgan fingerprint density at radius 3 is 1.68 bits per heavy atom. The fourth-order valence-corrected chi connectivity index (χ4v) is 7.42. The summed E-state index contributed by atoms with van der Waals surface area (Å²) in [6.07, 6.45) is -2.57. The molecule has 0 aliphatic rings. The predicted octanol–water partition coefficient (Wildman–Crippen LogP) is 9.21. The molecule has 4 N–H and O–H groups in total. The molecular weight excluding hydrogens is 1010 g/mol. The summed E-state index contributed by atoms with van der Waals surface area (Å²) in [5.74, 6) is -18.0. The summed E-state index contributed by atoms with van der Waals surface area (Å²) in [4.78, 5) is 67.1. The highest BCUT2D eigenvalue weighted by molar-refractivity contribution is 5.88. The number of methoxy groups -OCH3 is 1. The molecule has 21 heteroatoms. The summed E-state index contributed by atoms with van der Waals surface area (Å²) in [6, 6.07) is 30.1. The molecule has 75 heavy (non-hydrogen) atoms. The van der Waals surface area contributed by atoms with E-state index in [2.05, 4.69) is 10.6 Å². The number of ether oxygens (including phenoxy) is 5. The van der Waals surface area contributed by atoms with Crippen LogP contribution in [0.1, 0.15) is 40.7 Å². The van der Waals surface area contributed by atoms with Crippen molar-refractivity contribution in [3.63, 3.8) is 0 Å². The number of nitrogens with two attached hydrogens (primary N) is 1. The molecule has 0 unspecified atom stereocenters. The summed E-state index contributed by atoms with van der Waals surface area (Å²) in [5.41, 5.74) is 8.96. The average molecular weight is 1070 g/mol. The molecule has 396 valence electrons. The number of alkyl carbamates (subject to hydrolysis) is 2. The SMILES string of the molecule is COC(=O)[C@H](Cc1cc(-c2ccc(OCc3ccccc3)c(C[C@H](NC(=O)OCc3ccccc3)C(=O)Oc3c(F)c(F)c(F)c(F)c3F)c2)ccc1F)N(C)C(=O)[C@H](N)CCCNC(=O)OCc1ccccc1.Cl. The zero-order valence-electron chi connectivity index (χ0n) is 40.3. The molecule has 0 heterocycles. The van der Waals surface area contributed by atoms with Gasteiger partial charge in [0.05, 0.1) is 13.2 Å². The smallest absolute Gasteiger partial charge is 0.408 e. The molecule has 0 aromatic heterocycles. The first-order valence-electron chi connectivity index (χ1n) is 22.9. The first-order chi connectivity index (χ1) is 35.5. The van der Waals surface area contributed by atoms with Crippen LogP contribution >= 0.6 is 12.4 Å². The second-order valence-corrected chi connectivity index (χ2v) is 16.6. The average Bonchev–Trinajstić information content (AvgIpc) is 3.42. The second kappa shape index (κ2) is 27.8. The van der Waals surface area contributed by atoms with Gasteiger partial charge >= 0.3 is 24.1 Å². The molecule has 0 radical (unpaired) electrons. The van der Waals surface area contributed by atoms with Crippen LogP contribution in [0.3, 0.4) is 0 Å². The van der Waals surface area contributed by atoms with Crippen molar-refractivity contribution < 1.29 is 74.0 Å². The van der Waals surface area contributed by atoms with E-state index in [1.165, 1.54) is 31.3 Å². The fraction of sp³-hybridized carbons (Fsp3) is 0.241. The summed E-state index contributed by atoms with van der Waals surface area (Å²) >= 11 is 0. The van der Waals surface area contributed by atoms with Gasteiger partial charge in [0.15, 0.2) is 0 Å². The molecule has 6 aromatic rings. The van der Waals surface area contributed by atoms with Crippen LogP contribution in [0.5, 0.6) is 11.5 Å². The molecule has 0 bridgehead atoms. The van der Waals surface area contributed by atoms with Crippen LogP contribution in [-0.2, 0) is 61.3 Å². The van der Waals surface area contributed by atoms with Gasteiger partial charge in [0.2, 0.25) is 40.7 Å². The van der Waals surface area contributed by atoms with Crippen LogP contribution in [0.2, 0.25) is 0 Å². The highest BCUT2D eigenvalue weighted by Crippen LogP contribution is 2.33. The van der Waals surface area contributed by atoms with Crippen molar-refractivity contribution in [3.8, 4) is 22.6 Å². The lowest BCUT2D eigenvalue weighted by molar-refractivity contribution is -0.152. The number of hydrogen-bond donors (Lipinski definition) is 3. The van der Waals surface area contributed by atoms with Crippen LogP contribution in [0.25, 0.3) is 11.1 Å². The lowest BCUT2D eigenvalue weighted by atomic mass is 9.95. The number of likely N-dealkylation sites (N-methyl/N-ethyl adjacent to an activating group) is 1. The molecular formula is C54H51ClF6N4O10. The number of nitrogens with zero attached hydrogens (tertiary/aromatic N) is 1. The van der Waals surface area contributed by atoms with Gasteiger partial charge < -0.3 is 45.0 Å². The van der Waals surface area contributed by atoms with Crippen LogP contribution < -0.4 is 25.8 Å². The van der Waals surface area contributed by atoms with Crippen molar-refractivity contribution >= 4 is 42.4 Å².